The van der Waals surface area contributed by atoms with Gasteiger partial charge in [0.25, 0.3) is 0 Å². The molecule has 3 N–H and O–H groups in total. The van der Waals surface area contributed by atoms with Gasteiger partial charge in [-0.15, -0.1) is 0 Å². The third-order valence-electron chi connectivity index (χ3n) is 3.00. The highest BCUT2D eigenvalue weighted by Crippen LogP contribution is 2.23. The van der Waals surface area contributed by atoms with E-state index in [0.717, 1.165) is 5.56 Å². The molecule has 0 unspecified atom stereocenters. The molecular weight excluding hydrogens is 236 g/mol. The molecule has 2 rings (SSSR count). The zero-order chi connectivity index (χ0) is 13.1. The summed E-state index contributed by atoms with van der Waals surface area (Å²) in [4.78, 5) is 0. The molecule has 18 heavy (non-hydrogen) atoms. The number of hydrogen-bond acceptors (Lipinski definition) is 5. The third kappa shape index (κ3) is 3.00. The fourth-order valence-corrected chi connectivity index (χ4v) is 1.91. The summed E-state index contributed by atoms with van der Waals surface area (Å²) >= 11 is 0. The van der Waals surface area contributed by atoms with Gasteiger partial charge in [-0.3, -0.25) is 0 Å². The molecule has 5 nitrogen and oxygen atoms in total. The van der Waals surface area contributed by atoms with Crippen molar-refractivity contribution >= 4 is 0 Å². The zero-order valence-electron chi connectivity index (χ0n) is 10.2. The first-order valence-electron chi connectivity index (χ1n) is 5.96. The molecule has 0 amide bonds. The minimum absolute atomic E-state index is 0.172. The number of aliphatic hydroxyl groups is 3. The molecule has 0 saturated carbocycles. The highest BCUT2D eigenvalue weighted by molar-refractivity contribution is 5.26. The van der Waals surface area contributed by atoms with E-state index in [1.165, 1.54) is 0 Å². The maximum absolute atomic E-state index is 9.65. The molecule has 4 atom stereocenters. The zero-order valence-corrected chi connectivity index (χ0v) is 10.2. The maximum atomic E-state index is 9.65. The Labute approximate surface area is 106 Å². The summed E-state index contributed by atoms with van der Waals surface area (Å²) in [5, 5.41) is 28.3. The van der Waals surface area contributed by atoms with E-state index in [9.17, 15) is 10.2 Å². The Morgan fingerprint density at radius 2 is 1.94 bits per heavy atom. The smallest absolute Gasteiger partial charge is 0.202 e. The first kappa shape index (κ1) is 13.3. The Hall–Kier alpha value is -1.14. The fourth-order valence-electron chi connectivity index (χ4n) is 1.91. The van der Waals surface area contributed by atoms with E-state index in [1.807, 2.05) is 31.2 Å². The van der Waals surface area contributed by atoms with E-state index < -0.39 is 24.6 Å². The SMILES string of the molecule is Cc1ccc(O[C@H]2C[C@@H](O)[C@@H](O)[C@@H](CO)O2)cc1. The van der Waals surface area contributed by atoms with Crippen LogP contribution in [0, 0.1) is 6.92 Å². The molecule has 0 aliphatic carbocycles. The van der Waals surface area contributed by atoms with Gasteiger partial charge in [0.05, 0.1) is 12.7 Å². The Bertz CT molecular complexity index is 377. The van der Waals surface area contributed by atoms with Gasteiger partial charge in [-0.25, -0.2) is 0 Å². The molecule has 1 aromatic carbocycles. The lowest BCUT2D eigenvalue weighted by Crippen LogP contribution is -2.51. The second-order valence-corrected chi connectivity index (χ2v) is 4.51. The lowest BCUT2D eigenvalue weighted by atomic mass is 10.0. The molecule has 5 heteroatoms. The summed E-state index contributed by atoms with van der Waals surface area (Å²) in [7, 11) is 0. The number of rotatable bonds is 3. The van der Waals surface area contributed by atoms with E-state index in [4.69, 9.17) is 14.6 Å². The first-order chi connectivity index (χ1) is 8.60. The number of aliphatic hydroxyl groups excluding tert-OH is 3. The quantitative estimate of drug-likeness (QED) is 0.718. The summed E-state index contributed by atoms with van der Waals surface area (Å²) < 4.78 is 10.9. The molecule has 1 fully saturated rings. The van der Waals surface area contributed by atoms with Gasteiger partial charge in [-0.05, 0) is 19.1 Å². The molecular formula is C13H18O5. The van der Waals surface area contributed by atoms with Crippen LogP contribution in [0.1, 0.15) is 12.0 Å². The van der Waals surface area contributed by atoms with Crippen LogP contribution in [0.3, 0.4) is 0 Å². The van der Waals surface area contributed by atoms with Gasteiger partial charge in [0, 0.05) is 6.42 Å². The van der Waals surface area contributed by atoms with Crippen molar-refractivity contribution in [2.45, 2.75) is 37.9 Å². The van der Waals surface area contributed by atoms with Crippen LogP contribution in [0.15, 0.2) is 24.3 Å². The second-order valence-electron chi connectivity index (χ2n) is 4.51. The normalized spacial score (nSPS) is 32.2. The largest absolute Gasteiger partial charge is 0.465 e. The highest BCUT2D eigenvalue weighted by Gasteiger charge is 2.37. The molecule has 1 saturated heterocycles. The molecule has 0 bridgehead atoms. The van der Waals surface area contributed by atoms with Crippen LogP contribution in [0.5, 0.6) is 5.75 Å². The summed E-state index contributed by atoms with van der Waals surface area (Å²) in [6, 6.07) is 7.44. The third-order valence-corrected chi connectivity index (χ3v) is 3.00. The monoisotopic (exact) mass is 254 g/mol. The molecule has 0 aromatic heterocycles. The number of hydrogen-bond donors (Lipinski definition) is 3. The van der Waals surface area contributed by atoms with Crippen molar-refractivity contribution in [3.63, 3.8) is 0 Å². The van der Waals surface area contributed by atoms with Gasteiger partial charge < -0.3 is 24.8 Å². The van der Waals surface area contributed by atoms with Crippen LogP contribution >= 0.6 is 0 Å². The first-order valence-corrected chi connectivity index (χ1v) is 5.96. The average molecular weight is 254 g/mol. The van der Waals surface area contributed by atoms with Crippen molar-refractivity contribution in [2.24, 2.45) is 0 Å². The summed E-state index contributed by atoms with van der Waals surface area (Å²) in [6.07, 6.45) is -3.34. The lowest BCUT2D eigenvalue weighted by Gasteiger charge is -2.36. The van der Waals surface area contributed by atoms with E-state index in [2.05, 4.69) is 0 Å². The Kier molecular flexibility index (Phi) is 4.19. The van der Waals surface area contributed by atoms with Crippen LogP contribution in [0.2, 0.25) is 0 Å². The standard InChI is InChI=1S/C13H18O5/c1-8-2-4-9(5-3-8)17-12-6-10(15)13(16)11(7-14)18-12/h2-5,10-16H,6-7H2,1H3/t10-,11-,12-,13-/m1/s1. The lowest BCUT2D eigenvalue weighted by molar-refractivity contribution is -0.229. The molecule has 0 radical (unpaired) electrons. The Balaban J connectivity index is 1.99. The fraction of sp³-hybridized carbons (Fsp3) is 0.538. The number of ether oxygens (including phenoxy) is 2. The average Bonchev–Trinajstić information content (AvgIpc) is 2.36. The Morgan fingerprint density at radius 1 is 1.28 bits per heavy atom. The van der Waals surface area contributed by atoms with Gasteiger partial charge in [0.15, 0.2) is 0 Å². The van der Waals surface area contributed by atoms with Gasteiger partial charge in [0.1, 0.15) is 18.0 Å². The molecule has 1 heterocycles. The maximum Gasteiger partial charge on any atom is 0.202 e. The van der Waals surface area contributed by atoms with Crippen molar-refractivity contribution in [2.75, 3.05) is 6.61 Å². The van der Waals surface area contributed by atoms with Crippen LogP contribution in [-0.4, -0.2) is 46.5 Å². The highest BCUT2D eigenvalue weighted by atomic mass is 16.7. The summed E-state index contributed by atoms with van der Waals surface area (Å²) in [6.45, 7) is 1.62. The Morgan fingerprint density at radius 3 is 2.56 bits per heavy atom. The van der Waals surface area contributed by atoms with E-state index in [0.29, 0.717) is 5.75 Å². The van der Waals surface area contributed by atoms with E-state index >= 15 is 0 Å². The minimum atomic E-state index is -1.08. The number of benzene rings is 1. The molecule has 1 aliphatic heterocycles. The second kappa shape index (κ2) is 5.67. The van der Waals surface area contributed by atoms with Gasteiger partial charge in [0.2, 0.25) is 6.29 Å². The predicted octanol–water partition coefficient (Wildman–Crippen LogP) is 0.203. The van der Waals surface area contributed by atoms with E-state index in [-0.39, 0.29) is 13.0 Å². The topological polar surface area (TPSA) is 79.2 Å². The van der Waals surface area contributed by atoms with Gasteiger partial charge in [-0.2, -0.15) is 0 Å². The molecule has 100 valence electrons. The molecule has 1 aliphatic rings. The van der Waals surface area contributed by atoms with Crippen LogP contribution in [0.25, 0.3) is 0 Å². The van der Waals surface area contributed by atoms with Crippen molar-refractivity contribution in [1.29, 1.82) is 0 Å². The van der Waals surface area contributed by atoms with Crippen LogP contribution < -0.4 is 4.74 Å². The molecule has 1 aromatic rings. The van der Waals surface area contributed by atoms with Gasteiger partial charge >= 0.3 is 0 Å². The van der Waals surface area contributed by atoms with Crippen molar-refractivity contribution in [3.05, 3.63) is 29.8 Å². The predicted molar refractivity (Wildman–Crippen MR) is 64.2 cm³/mol. The number of aryl methyl sites for hydroxylation is 1. The van der Waals surface area contributed by atoms with Crippen molar-refractivity contribution in [1.82, 2.24) is 0 Å². The van der Waals surface area contributed by atoms with Crippen molar-refractivity contribution < 1.29 is 24.8 Å². The van der Waals surface area contributed by atoms with Crippen molar-refractivity contribution in [3.8, 4) is 5.75 Å². The minimum Gasteiger partial charge on any atom is -0.465 e. The van der Waals surface area contributed by atoms with Gasteiger partial charge in [-0.1, -0.05) is 17.7 Å². The van der Waals surface area contributed by atoms with Crippen LogP contribution in [-0.2, 0) is 4.74 Å². The van der Waals surface area contributed by atoms with E-state index in [1.54, 1.807) is 0 Å². The summed E-state index contributed by atoms with van der Waals surface area (Å²) in [5.41, 5.74) is 1.12. The molecule has 0 spiro atoms. The van der Waals surface area contributed by atoms with Crippen LogP contribution in [0.4, 0.5) is 0 Å². The summed E-state index contributed by atoms with van der Waals surface area (Å²) in [5.74, 6) is 0.630.